The lowest BCUT2D eigenvalue weighted by Gasteiger charge is -2.07. The summed E-state index contributed by atoms with van der Waals surface area (Å²) in [5.74, 6) is 0.0997. The van der Waals surface area contributed by atoms with E-state index in [1.165, 1.54) is 6.07 Å². The number of carbonyl (C=O) groups excluding carboxylic acids is 1. The zero-order valence-electron chi connectivity index (χ0n) is 15.7. The highest BCUT2D eigenvalue weighted by molar-refractivity contribution is 5.75. The molecule has 2 aromatic carbocycles. The number of hydrogen-bond acceptors (Lipinski definition) is 5. The van der Waals surface area contributed by atoms with Crippen LogP contribution in [0.1, 0.15) is 18.7 Å². The van der Waals surface area contributed by atoms with Crippen LogP contribution in [0, 0.1) is 11.6 Å². The predicted molar refractivity (Wildman–Crippen MR) is 101 cm³/mol. The minimum absolute atomic E-state index is 0.0421. The van der Waals surface area contributed by atoms with E-state index < -0.39 is 11.6 Å². The molecule has 0 aliphatic carbocycles. The van der Waals surface area contributed by atoms with E-state index in [9.17, 15) is 13.6 Å². The lowest BCUT2D eigenvalue weighted by atomic mass is 10.2. The van der Waals surface area contributed by atoms with Crippen molar-refractivity contribution >= 4 is 5.91 Å². The Morgan fingerprint density at radius 2 is 1.97 bits per heavy atom. The highest BCUT2D eigenvalue weighted by Crippen LogP contribution is 2.19. The SMILES string of the molecule is COc1ccc(-c2n[nH]c(CNC(=O)CCCOc3ccc(F)cc3F)n2)cc1. The number of ether oxygens (including phenoxy) is 2. The van der Waals surface area contributed by atoms with Gasteiger partial charge in [-0.2, -0.15) is 5.10 Å². The van der Waals surface area contributed by atoms with Gasteiger partial charge in [0.05, 0.1) is 20.3 Å². The smallest absolute Gasteiger partial charge is 0.220 e. The normalized spacial score (nSPS) is 10.6. The summed E-state index contributed by atoms with van der Waals surface area (Å²) in [6.45, 7) is 0.343. The maximum Gasteiger partial charge on any atom is 0.220 e. The zero-order valence-corrected chi connectivity index (χ0v) is 15.7. The Bertz CT molecular complexity index is 961. The monoisotopic (exact) mass is 402 g/mol. The fraction of sp³-hybridized carbons (Fsp3) is 0.250. The number of rotatable bonds is 9. The van der Waals surface area contributed by atoms with Gasteiger partial charge in [-0.3, -0.25) is 9.89 Å². The van der Waals surface area contributed by atoms with Crippen LogP contribution in [0.25, 0.3) is 11.4 Å². The lowest BCUT2D eigenvalue weighted by Crippen LogP contribution is -2.23. The summed E-state index contributed by atoms with van der Waals surface area (Å²) in [6.07, 6.45) is 0.582. The van der Waals surface area contributed by atoms with E-state index in [2.05, 4.69) is 20.5 Å². The van der Waals surface area contributed by atoms with Crippen molar-refractivity contribution in [2.75, 3.05) is 13.7 Å². The van der Waals surface area contributed by atoms with Crippen molar-refractivity contribution < 1.29 is 23.0 Å². The Kier molecular flexibility index (Phi) is 6.72. The van der Waals surface area contributed by atoms with Gasteiger partial charge in [0.15, 0.2) is 17.4 Å². The van der Waals surface area contributed by atoms with Crippen molar-refractivity contribution in [2.45, 2.75) is 19.4 Å². The summed E-state index contributed by atoms with van der Waals surface area (Å²) in [6, 6.07) is 10.4. The quantitative estimate of drug-likeness (QED) is 0.537. The average Bonchev–Trinajstić information content (AvgIpc) is 3.20. The molecule has 0 aliphatic rings. The van der Waals surface area contributed by atoms with Crippen molar-refractivity contribution in [3.63, 3.8) is 0 Å². The third-order valence-electron chi connectivity index (χ3n) is 4.03. The number of aromatic amines is 1. The first-order valence-electron chi connectivity index (χ1n) is 8.95. The number of nitrogens with zero attached hydrogens (tertiary/aromatic N) is 2. The second kappa shape index (κ2) is 9.63. The highest BCUT2D eigenvalue weighted by Gasteiger charge is 2.09. The molecule has 152 valence electrons. The number of methoxy groups -OCH3 is 1. The van der Waals surface area contributed by atoms with Gasteiger partial charge in [0.2, 0.25) is 5.91 Å². The van der Waals surface area contributed by atoms with Crippen LogP contribution in [0.3, 0.4) is 0 Å². The molecule has 3 aromatic rings. The molecular weight excluding hydrogens is 382 g/mol. The number of carbonyl (C=O) groups is 1. The van der Waals surface area contributed by atoms with E-state index in [0.717, 1.165) is 23.4 Å². The molecule has 0 saturated heterocycles. The average molecular weight is 402 g/mol. The molecule has 0 spiro atoms. The molecule has 1 amide bonds. The molecule has 2 N–H and O–H groups in total. The number of benzene rings is 2. The fourth-order valence-electron chi connectivity index (χ4n) is 2.52. The van der Waals surface area contributed by atoms with Crippen molar-refractivity contribution in [3.05, 3.63) is 59.9 Å². The Labute approximate surface area is 166 Å². The Morgan fingerprint density at radius 3 is 2.69 bits per heavy atom. The van der Waals surface area contributed by atoms with Gasteiger partial charge in [0.1, 0.15) is 17.4 Å². The van der Waals surface area contributed by atoms with Crippen LogP contribution in [-0.2, 0) is 11.3 Å². The molecule has 1 heterocycles. The number of amides is 1. The number of nitrogens with one attached hydrogen (secondary N) is 2. The first-order chi connectivity index (χ1) is 14.0. The molecule has 7 nitrogen and oxygen atoms in total. The Balaban J connectivity index is 1.39. The Morgan fingerprint density at radius 1 is 1.17 bits per heavy atom. The minimum Gasteiger partial charge on any atom is -0.497 e. The standard InChI is InChI=1S/C20H20F2N4O3/c1-28-15-7-4-13(5-8-15)20-24-18(25-26-20)12-23-19(27)3-2-10-29-17-9-6-14(21)11-16(17)22/h4-9,11H,2-3,10,12H2,1H3,(H,23,27)(H,24,25,26). The van der Waals surface area contributed by atoms with Gasteiger partial charge >= 0.3 is 0 Å². The van der Waals surface area contributed by atoms with Gasteiger partial charge in [-0.05, 0) is 42.8 Å². The van der Waals surface area contributed by atoms with Crippen LogP contribution >= 0.6 is 0 Å². The zero-order chi connectivity index (χ0) is 20.6. The molecule has 0 radical (unpaired) electrons. The summed E-state index contributed by atoms with van der Waals surface area (Å²) in [5, 5.41) is 9.64. The van der Waals surface area contributed by atoms with Crippen LogP contribution in [0.2, 0.25) is 0 Å². The topological polar surface area (TPSA) is 89.1 Å². The van der Waals surface area contributed by atoms with Gasteiger partial charge in [-0.1, -0.05) is 0 Å². The largest absolute Gasteiger partial charge is 0.497 e. The van der Waals surface area contributed by atoms with Crippen LogP contribution in [0.5, 0.6) is 11.5 Å². The summed E-state index contributed by atoms with van der Waals surface area (Å²) < 4.78 is 36.6. The second-order valence-electron chi connectivity index (χ2n) is 6.14. The molecule has 29 heavy (non-hydrogen) atoms. The van der Waals surface area contributed by atoms with E-state index >= 15 is 0 Å². The van der Waals surface area contributed by atoms with Crippen molar-refractivity contribution in [1.29, 1.82) is 0 Å². The van der Waals surface area contributed by atoms with Crippen LogP contribution in [0.4, 0.5) is 8.78 Å². The fourth-order valence-corrected chi connectivity index (χ4v) is 2.52. The predicted octanol–water partition coefficient (Wildman–Crippen LogP) is 3.23. The first kappa shape index (κ1) is 20.2. The van der Waals surface area contributed by atoms with Crippen LogP contribution in [-0.4, -0.2) is 34.8 Å². The number of H-pyrrole nitrogens is 1. The minimum atomic E-state index is -0.771. The van der Waals surface area contributed by atoms with Crippen molar-refractivity contribution in [2.24, 2.45) is 0 Å². The molecule has 0 unspecified atom stereocenters. The third kappa shape index (κ3) is 5.74. The Hall–Kier alpha value is -3.49. The molecule has 9 heteroatoms. The number of halogens is 2. The molecule has 0 bridgehead atoms. The van der Waals surface area contributed by atoms with Crippen LogP contribution in [0.15, 0.2) is 42.5 Å². The maximum atomic E-state index is 13.4. The molecule has 0 atom stereocenters. The van der Waals surface area contributed by atoms with Gasteiger partial charge in [0.25, 0.3) is 0 Å². The summed E-state index contributed by atoms with van der Waals surface area (Å²) in [5.41, 5.74) is 0.824. The summed E-state index contributed by atoms with van der Waals surface area (Å²) >= 11 is 0. The molecule has 3 rings (SSSR count). The maximum absolute atomic E-state index is 13.4. The van der Waals surface area contributed by atoms with E-state index in [0.29, 0.717) is 18.1 Å². The highest BCUT2D eigenvalue weighted by atomic mass is 19.1. The second-order valence-corrected chi connectivity index (χ2v) is 6.14. The first-order valence-corrected chi connectivity index (χ1v) is 8.95. The van der Waals surface area contributed by atoms with Gasteiger partial charge in [-0.25, -0.2) is 13.8 Å². The van der Waals surface area contributed by atoms with Gasteiger partial charge < -0.3 is 14.8 Å². The molecule has 1 aromatic heterocycles. The van der Waals surface area contributed by atoms with E-state index in [4.69, 9.17) is 9.47 Å². The van der Waals surface area contributed by atoms with E-state index in [-0.39, 0.29) is 31.2 Å². The third-order valence-corrected chi connectivity index (χ3v) is 4.03. The lowest BCUT2D eigenvalue weighted by molar-refractivity contribution is -0.121. The van der Waals surface area contributed by atoms with E-state index in [1.54, 1.807) is 7.11 Å². The van der Waals surface area contributed by atoms with Crippen LogP contribution < -0.4 is 14.8 Å². The molecule has 0 fully saturated rings. The molecule has 0 saturated carbocycles. The molecule has 0 aliphatic heterocycles. The van der Waals surface area contributed by atoms with Gasteiger partial charge in [-0.15, -0.1) is 0 Å². The van der Waals surface area contributed by atoms with E-state index in [1.807, 2.05) is 24.3 Å². The number of aromatic nitrogens is 3. The van der Waals surface area contributed by atoms with Crippen molar-refractivity contribution in [1.82, 2.24) is 20.5 Å². The summed E-state index contributed by atoms with van der Waals surface area (Å²) in [7, 11) is 1.59. The van der Waals surface area contributed by atoms with Crippen molar-refractivity contribution in [3.8, 4) is 22.9 Å². The number of hydrogen-bond donors (Lipinski definition) is 2. The molecular formula is C20H20F2N4O3. The summed E-state index contributed by atoms with van der Waals surface area (Å²) in [4.78, 5) is 16.3. The van der Waals surface area contributed by atoms with Gasteiger partial charge in [0, 0.05) is 18.1 Å².